The van der Waals surface area contributed by atoms with Crippen molar-refractivity contribution in [1.29, 1.82) is 0 Å². The van der Waals surface area contributed by atoms with E-state index in [0.29, 0.717) is 12.3 Å². The van der Waals surface area contributed by atoms with Crippen LogP contribution in [0.4, 0.5) is 0 Å². The molecule has 0 aliphatic heterocycles. The number of carboxylic acids is 1. The molecule has 0 fully saturated rings. The van der Waals surface area contributed by atoms with Crippen LogP contribution in [0.5, 0.6) is 5.75 Å². The Bertz CT molecular complexity index is 511. The zero-order valence-corrected chi connectivity index (χ0v) is 13.0. The molecule has 0 saturated heterocycles. The Morgan fingerprint density at radius 1 is 1.24 bits per heavy atom. The van der Waals surface area contributed by atoms with Crippen LogP contribution in [0.15, 0.2) is 18.2 Å². The first-order chi connectivity index (χ1) is 9.79. The van der Waals surface area contributed by atoms with Crippen LogP contribution in [0.2, 0.25) is 0 Å². The van der Waals surface area contributed by atoms with Crippen LogP contribution in [0.25, 0.3) is 0 Å². The third-order valence-corrected chi connectivity index (χ3v) is 3.11. The molecule has 1 N–H and O–H groups in total. The van der Waals surface area contributed by atoms with E-state index in [2.05, 4.69) is 0 Å². The molecule has 1 aromatic carbocycles. The summed E-state index contributed by atoms with van der Waals surface area (Å²) in [5.74, 6) is -0.513. The molecule has 0 atom stereocenters. The van der Waals surface area contributed by atoms with Gasteiger partial charge in [0.1, 0.15) is 12.3 Å². The minimum atomic E-state index is -1.02. The fraction of sp³-hybridized carbons (Fsp3) is 0.500. The van der Waals surface area contributed by atoms with Crippen molar-refractivity contribution in [3.8, 4) is 5.75 Å². The topological polar surface area (TPSA) is 66.8 Å². The minimum Gasteiger partial charge on any atom is -0.484 e. The lowest BCUT2D eigenvalue weighted by Gasteiger charge is -2.22. The SMILES string of the molecule is Cc1ccc(OCC(=O)N(CC(=O)O)CC(C)C)cc1C. The van der Waals surface area contributed by atoms with Gasteiger partial charge in [0.05, 0.1) is 0 Å². The van der Waals surface area contributed by atoms with Crippen molar-refractivity contribution in [3.63, 3.8) is 0 Å². The molecule has 0 radical (unpaired) electrons. The van der Waals surface area contributed by atoms with E-state index in [1.165, 1.54) is 4.90 Å². The second kappa shape index (κ2) is 7.67. The second-order valence-corrected chi connectivity index (χ2v) is 5.60. The van der Waals surface area contributed by atoms with Crippen molar-refractivity contribution in [2.45, 2.75) is 27.7 Å². The Morgan fingerprint density at radius 2 is 1.90 bits per heavy atom. The van der Waals surface area contributed by atoms with Crippen molar-refractivity contribution in [3.05, 3.63) is 29.3 Å². The van der Waals surface area contributed by atoms with Crippen molar-refractivity contribution >= 4 is 11.9 Å². The summed E-state index contributed by atoms with van der Waals surface area (Å²) >= 11 is 0. The van der Waals surface area contributed by atoms with Gasteiger partial charge in [-0.1, -0.05) is 19.9 Å². The summed E-state index contributed by atoms with van der Waals surface area (Å²) in [6, 6.07) is 5.60. The maximum Gasteiger partial charge on any atom is 0.323 e. The number of carboxylic acid groups (broad SMARTS) is 1. The molecular formula is C16H23NO4. The average molecular weight is 293 g/mol. The first-order valence-corrected chi connectivity index (χ1v) is 6.99. The van der Waals surface area contributed by atoms with E-state index in [1.807, 2.05) is 39.8 Å². The molecule has 5 heteroatoms. The quantitative estimate of drug-likeness (QED) is 0.837. The standard InChI is InChI=1S/C16H23NO4/c1-11(2)8-17(9-16(19)20)15(18)10-21-14-6-5-12(3)13(4)7-14/h5-7,11H,8-10H2,1-4H3,(H,19,20). The Labute approximate surface area is 125 Å². The number of rotatable bonds is 7. The van der Waals surface area contributed by atoms with Crippen LogP contribution in [0.1, 0.15) is 25.0 Å². The van der Waals surface area contributed by atoms with Crippen LogP contribution in [0, 0.1) is 19.8 Å². The molecule has 0 heterocycles. The molecule has 1 rings (SSSR count). The summed E-state index contributed by atoms with van der Waals surface area (Å²) in [7, 11) is 0. The summed E-state index contributed by atoms with van der Waals surface area (Å²) < 4.78 is 5.46. The highest BCUT2D eigenvalue weighted by molar-refractivity contribution is 5.82. The van der Waals surface area contributed by atoms with Crippen LogP contribution in [-0.4, -0.2) is 41.6 Å². The number of carbonyl (C=O) groups is 2. The van der Waals surface area contributed by atoms with Crippen molar-refractivity contribution in [2.24, 2.45) is 5.92 Å². The van der Waals surface area contributed by atoms with Crippen molar-refractivity contribution in [1.82, 2.24) is 4.90 Å². The highest BCUT2D eigenvalue weighted by Gasteiger charge is 2.18. The third kappa shape index (κ3) is 5.85. The average Bonchev–Trinajstić information content (AvgIpc) is 2.38. The largest absolute Gasteiger partial charge is 0.484 e. The molecule has 0 aromatic heterocycles. The van der Waals surface area contributed by atoms with Crippen LogP contribution >= 0.6 is 0 Å². The van der Waals surface area contributed by atoms with E-state index in [1.54, 1.807) is 6.07 Å². The van der Waals surface area contributed by atoms with Crippen molar-refractivity contribution < 1.29 is 19.4 Å². The molecule has 116 valence electrons. The normalized spacial score (nSPS) is 10.5. The van der Waals surface area contributed by atoms with E-state index >= 15 is 0 Å². The maximum atomic E-state index is 12.1. The van der Waals surface area contributed by atoms with E-state index < -0.39 is 5.97 Å². The van der Waals surface area contributed by atoms with Crippen LogP contribution in [0.3, 0.4) is 0 Å². The highest BCUT2D eigenvalue weighted by atomic mass is 16.5. The third-order valence-electron chi connectivity index (χ3n) is 3.11. The number of ether oxygens (including phenoxy) is 1. The number of hydrogen-bond donors (Lipinski definition) is 1. The Hall–Kier alpha value is -2.04. The molecule has 21 heavy (non-hydrogen) atoms. The van der Waals surface area contributed by atoms with Crippen molar-refractivity contribution in [2.75, 3.05) is 19.7 Å². The monoisotopic (exact) mass is 293 g/mol. The zero-order chi connectivity index (χ0) is 16.0. The fourth-order valence-electron chi connectivity index (χ4n) is 1.90. The second-order valence-electron chi connectivity index (χ2n) is 5.60. The number of amides is 1. The molecule has 0 saturated carbocycles. The van der Waals surface area contributed by atoms with E-state index in [4.69, 9.17) is 9.84 Å². The van der Waals surface area contributed by atoms with Gasteiger partial charge in [0.2, 0.25) is 0 Å². The smallest absolute Gasteiger partial charge is 0.323 e. The lowest BCUT2D eigenvalue weighted by Crippen LogP contribution is -2.40. The summed E-state index contributed by atoms with van der Waals surface area (Å²) in [6.07, 6.45) is 0. The maximum absolute atomic E-state index is 12.1. The van der Waals surface area contributed by atoms with E-state index in [-0.39, 0.29) is 25.0 Å². The number of hydrogen-bond acceptors (Lipinski definition) is 3. The van der Waals surface area contributed by atoms with Gasteiger partial charge in [0.15, 0.2) is 6.61 Å². The van der Waals surface area contributed by atoms with Gasteiger partial charge >= 0.3 is 5.97 Å². The predicted molar refractivity (Wildman–Crippen MR) is 80.5 cm³/mol. The van der Waals surface area contributed by atoms with Gasteiger partial charge in [-0.2, -0.15) is 0 Å². The molecule has 1 amide bonds. The number of aryl methyl sites for hydroxylation is 2. The summed E-state index contributed by atoms with van der Waals surface area (Å²) in [5.41, 5.74) is 2.24. The Morgan fingerprint density at radius 3 is 2.43 bits per heavy atom. The molecule has 0 bridgehead atoms. The fourth-order valence-corrected chi connectivity index (χ4v) is 1.90. The number of aliphatic carboxylic acids is 1. The minimum absolute atomic E-state index is 0.150. The van der Waals surface area contributed by atoms with E-state index in [0.717, 1.165) is 11.1 Å². The van der Waals surface area contributed by atoms with Gasteiger partial charge in [-0.25, -0.2) is 0 Å². The zero-order valence-electron chi connectivity index (χ0n) is 13.0. The number of carbonyl (C=O) groups excluding carboxylic acids is 1. The summed E-state index contributed by atoms with van der Waals surface area (Å²) in [5, 5.41) is 8.86. The van der Waals surface area contributed by atoms with Crippen LogP contribution in [-0.2, 0) is 9.59 Å². The molecule has 1 aromatic rings. The molecule has 5 nitrogen and oxygen atoms in total. The summed E-state index contributed by atoms with van der Waals surface area (Å²) in [4.78, 5) is 24.2. The Kier molecular flexibility index (Phi) is 6.21. The van der Waals surface area contributed by atoms with Gasteiger partial charge < -0.3 is 14.7 Å². The molecule has 0 spiro atoms. The predicted octanol–water partition coefficient (Wildman–Crippen LogP) is 2.25. The lowest BCUT2D eigenvalue weighted by molar-refractivity contribution is -0.145. The Balaban J connectivity index is 2.63. The van der Waals surface area contributed by atoms with Gasteiger partial charge in [-0.15, -0.1) is 0 Å². The number of benzene rings is 1. The first kappa shape index (κ1) is 17.0. The lowest BCUT2D eigenvalue weighted by atomic mass is 10.1. The summed E-state index contributed by atoms with van der Waals surface area (Å²) in [6.45, 7) is 7.80. The first-order valence-electron chi connectivity index (χ1n) is 6.99. The van der Waals surface area contributed by atoms with E-state index in [9.17, 15) is 9.59 Å². The molecule has 0 aliphatic carbocycles. The highest BCUT2D eigenvalue weighted by Crippen LogP contribution is 2.16. The molecular weight excluding hydrogens is 270 g/mol. The molecule has 0 aliphatic rings. The van der Waals surface area contributed by atoms with Crippen LogP contribution < -0.4 is 4.74 Å². The number of nitrogens with zero attached hydrogens (tertiary/aromatic N) is 1. The molecule has 0 unspecified atom stereocenters. The van der Waals surface area contributed by atoms with Gasteiger partial charge in [0, 0.05) is 6.54 Å². The van der Waals surface area contributed by atoms with Gasteiger partial charge in [-0.05, 0) is 43.0 Å². The van der Waals surface area contributed by atoms with Gasteiger partial charge in [0.25, 0.3) is 5.91 Å². The van der Waals surface area contributed by atoms with Gasteiger partial charge in [-0.3, -0.25) is 9.59 Å².